The van der Waals surface area contributed by atoms with Crippen LogP contribution in [0.2, 0.25) is 0 Å². The van der Waals surface area contributed by atoms with E-state index in [1.54, 1.807) is 48.0 Å². The number of nitrogens with zero attached hydrogens (tertiary/aromatic N) is 1. The third kappa shape index (κ3) is 16.8. The third-order valence-corrected chi connectivity index (χ3v) is 15.2. The van der Waals surface area contributed by atoms with Gasteiger partial charge in [-0.25, -0.2) is 9.59 Å². The van der Waals surface area contributed by atoms with Crippen LogP contribution in [0.1, 0.15) is 126 Å². The summed E-state index contributed by atoms with van der Waals surface area (Å²) >= 11 is 0. The van der Waals surface area contributed by atoms with Gasteiger partial charge in [0, 0.05) is 58.5 Å². The van der Waals surface area contributed by atoms with Gasteiger partial charge in [-0.1, -0.05) is 71.1 Å². The van der Waals surface area contributed by atoms with Crippen LogP contribution in [0.4, 0.5) is 0 Å². The highest BCUT2D eigenvalue weighted by Gasteiger charge is 2.53. The standard InChI is InChI=1S/C55H85NO16/c1-33-16-12-11-13-17-34(2)45(66-8)30-41-21-19-39(7)55(65,72-41)52(62)53(63)56-23-15-14-18-42(56)54(64)71-46(31-43(58)35(3)27-38(6)50(61)51(68-10)49(60)37(5)26-33)36(4)28-40-20-22-44(47(29-40)67-9)70-32-48(59)69-25-24-57/h11-13,16-17,27,33,35-37,39-42,44-47,50-51,57,61,65H,14-15,18-26,28-32H2,1-10H3/b13-11+,16-12+,34-17+,38-27+/t33-,35-,36-,37-,39-,40-,41+,42+,44-,45+,46+,47-,50-,51+,55-/m1/s1. The fraction of sp³-hybridized carbons (Fsp3) is 0.745. The fourth-order valence-electron chi connectivity index (χ4n) is 10.7. The van der Waals surface area contributed by atoms with Crippen LogP contribution in [0, 0.1) is 35.5 Å². The Morgan fingerprint density at radius 1 is 0.875 bits per heavy atom. The molecule has 2 bridgehead atoms. The highest BCUT2D eigenvalue weighted by molar-refractivity contribution is 6.39. The number of esters is 2. The molecule has 0 aromatic rings. The van der Waals surface area contributed by atoms with Gasteiger partial charge in [-0.2, -0.15) is 0 Å². The van der Waals surface area contributed by atoms with Crippen LogP contribution in [0.15, 0.2) is 47.6 Å². The van der Waals surface area contributed by atoms with Crippen LogP contribution in [-0.2, 0) is 61.9 Å². The van der Waals surface area contributed by atoms with Gasteiger partial charge in [0.1, 0.15) is 43.4 Å². The van der Waals surface area contributed by atoms with Gasteiger partial charge in [-0.3, -0.25) is 19.2 Å². The number of ether oxygens (including phenoxy) is 7. The second-order valence-corrected chi connectivity index (χ2v) is 20.8. The number of carbonyl (C=O) groups excluding carboxylic acids is 6. The van der Waals surface area contributed by atoms with Crippen LogP contribution in [0.3, 0.4) is 0 Å². The first-order valence-corrected chi connectivity index (χ1v) is 26.1. The molecule has 1 saturated carbocycles. The van der Waals surface area contributed by atoms with Crippen LogP contribution >= 0.6 is 0 Å². The highest BCUT2D eigenvalue weighted by Crippen LogP contribution is 2.38. The van der Waals surface area contributed by atoms with Crippen LogP contribution in [0.25, 0.3) is 0 Å². The summed E-state index contributed by atoms with van der Waals surface area (Å²) in [6.07, 6.45) is 10.8. The van der Waals surface area contributed by atoms with Crippen molar-refractivity contribution in [1.82, 2.24) is 4.90 Å². The van der Waals surface area contributed by atoms with Crippen molar-refractivity contribution in [3.05, 3.63) is 47.6 Å². The Kier molecular flexibility index (Phi) is 24.6. The number of aliphatic hydroxyl groups excluding tert-OH is 2. The summed E-state index contributed by atoms with van der Waals surface area (Å²) in [5.41, 5.74) is 1.23. The second-order valence-electron chi connectivity index (χ2n) is 20.8. The number of cyclic esters (lactones) is 1. The van der Waals surface area contributed by atoms with Crippen molar-refractivity contribution in [2.24, 2.45) is 35.5 Å². The molecule has 3 heterocycles. The topological polar surface area (TPSA) is 231 Å². The summed E-state index contributed by atoms with van der Waals surface area (Å²) in [5.74, 6) is -8.95. The van der Waals surface area contributed by atoms with Crippen LogP contribution in [0.5, 0.6) is 0 Å². The number of methoxy groups -OCH3 is 3. The molecule has 72 heavy (non-hydrogen) atoms. The van der Waals surface area contributed by atoms with E-state index in [1.165, 1.54) is 12.0 Å². The molecule has 1 amide bonds. The molecule has 0 radical (unpaired) electrons. The first-order chi connectivity index (χ1) is 34.2. The van der Waals surface area contributed by atoms with Crippen molar-refractivity contribution in [3.8, 4) is 0 Å². The van der Waals surface area contributed by atoms with Crippen LogP contribution in [-0.4, -0.2) is 158 Å². The van der Waals surface area contributed by atoms with Gasteiger partial charge in [-0.05, 0) is 107 Å². The molecule has 3 fully saturated rings. The Morgan fingerprint density at radius 2 is 1.61 bits per heavy atom. The largest absolute Gasteiger partial charge is 0.462 e. The zero-order valence-electron chi connectivity index (χ0n) is 44.5. The predicted molar refractivity (Wildman–Crippen MR) is 267 cm³/mol. The molecule has 0 spiro atoms. The second kappa shape index (κ2) is 29.2. The van der Waals surface area contributed by atoms with E-state index in [0.717, 1.165) is 5.57 Å². The number of hydrogen-bond donors (Lipinski definition) is 3. The molecule has 3 N–H and O–H groups in total. The molecule has 0 aromatic carbocycles. The minimum Gasteiger partial charge on any atom is -0.462 e. The fourth-order valence-corrected chi connectivity index (χ4v) is 10.7. The number of Topliss-reactive ketones (excluding diaryl/α,β-unsaturated/α-hetero) is 3. The van der Waals surface area contributed by atoms with E-state index < -0.39 is 95.8 Å². The Hall–Kier alpha value is -3.94. The lowest BCUT2D eigenvalue weighted by molar-refractivity contribution is -0.265. The van der Waals surface area contributed by atoms with Gasteiger partial charge < -0.3 is 53.4 Å². The third-order valence-electron chi connectivity index (χ3n) is 15.2. The molecular weight excluding hydrogens is 931 g/mol. The normalized spacial score (nSPS) is 37.5. The van der Waals surface area contributed by atoms with Crippen molar-refractivity contribution in [3.63, 3.8) is 0 Å². The Labute approximate surface area is 427 Å². The SMILES string of the molecule is CO[C@H]1C[C@@H]2CC[C@@H](C)[C@@](O)(O2)C(=O)C(=O)N2CCCC[C@H]2C(=O)O[C@H]([C@H](C)C[C@H]2CC[C@@H](OCC(=O)OCCO)[C@H](OC)C2)CC(=O)[C@H](C)/C=C(\C)[C@@H](O)[C@@H](OC)C(=O)[C@H](C)C[C@H](C)/C=C/C=C/C=C/1C. The molecule has 406 valence electrons. The van der Waals surface area contributed by atoms with Crippen molar-refractivity contribution < 1.29 is 77.2 Å². The van der Waals surface area contributed by atoms with Crippen molar-refractivity contribution in [1.29, 1.82) is 0 Å². The smallest absolute Gasteiger partial charge is 0.332 e. The first-order valence-electron chi connectivity index (χ1n) is 26.1. The number of allylic oxidation sites excluding steroid dienone is 6. The molecular formula is C55H85NO16. The average Bonchev–Trinajstić information content (AvgIpc) is 3.36. The summed E-state index contributed by atoms with van der Waals surface area (Å²) in [6, 6.07) is -1.18. The monoisotopic (exact) mass is 1020 g/mol. The van der Waals surface area contributed by atoms with E-state index in [2.05, 4.69) is 0 Å². The lowest BCUT2D eigenvalue weighted by Crippen LogP contribution is -2.61. The molecule has 2 saturated heterocycles. The first kappa shape index (κ1) is 60.6. The summed E-state index contributed by atoms with van der Waals surface area (Å²) in [5, 5.41) is 32.5. The molecule has 17 nitrogen and oxygen atoms in total. The minimum absolute atomic E-state index is 0.000808. The number of rotatable bonds is 11. The van der Waals surface area contributed by atoms with Crippen molar-refractivity contribution in [2.45, 2.75) is 180 Å². The van der Waals surface area contributed by atoms with Gasteiger partial charge in [0.15, 0.2) is 5.78 Å². The molecule has 17 heteroatoms. The molecule has 4 rings (SSSR count). The lowest BCUT2D eigenvalue weighted by Gasteiger charge is -2.42. The van der Waals surface area contributed by atoms with E-state index in [4.69, 9.17) is 38.3 Å². The van der Waals surface area contributed by atoms with Gasteiger partial charge >= 0.3 is 11.9 Å². The zero-order chi connectivity index (χ0) is 53.3. The molecule has 1 aliphatic carbocycles. The summed E-state index contributed by atoms with van der Waals surface area (Å²) in [7, 11) is 4.50. The van der Waals surface area contributed by atoms with Gasteiger partial charge in [0.25, 0.3) is 11.7 Å². The lowest BCUT2D eigenvalue weighted by atomic mass is 9.78. The molecule has 0 aromatic heterocycles. The van der Waals surface area contributed by atoms with Gasteiger partial charge in [0.2, 0.25) is 5.79 Å². The summed E-state index contributed by atoms with van der Waals surface area (Å²) in [4.78, 5) is 84.5. The average molecular weight is 1020 g/mol. The van der Waals surface area contributed by atoms with Crippen LogP contribution < -0.4 is 0 Å². The van der Waals surface area contributed by atoms with E-state index in [9.17, 15) is 39.0 Å². The molecule has 0 unspecified atom stereocenters. The van der Waals surface area contributed by atoms with E-state index in [-0.39, 0.29) is 68.7 Å². The predicted octanol–water partition coefficient (Wildman–Crippen LogP) is 5.74. The number of carbonyl (C=O) groups is 6. The van der Waals surface area contributed by atoms with Crippen molar-refractivity contribution in [2.75, 3.05) is 47.7 Å². The van der Waals surface area contributed by atoms with E-state index >= 15 is 0 Å². The van der Waals surface area contributed by atoms with Gasteiger partial charge in [0.05, 0.1) is 31.0 Å². The number of piperidine rings is 1. The maximum absolute atomic E-state index is 14.5. The number of aliphatic hydroxyl groups is 3. The summed E-state index contributed by atoms with van der Waals surface area (Å²) in [6.45, 7) is 11.9. The number of amides is 1. The number of ketones is 3. The summed E-state index contributed by atoms with van der Waals surface area (Å²) < 4.78 is 40.5. The van der Waals surface area contributed by atoms with E-state index in [0.29, 0.717) is 69.8 Å². The van der Waals surface area contributed by atoms with Gasteiger partial charge in [-0.15, -0.1) is 0 Å². The Bertz CT molecular complexity index is 1950. The highest BCUT2D eigenvalue weighted by atomic mass is 16.6. The molecule has 3 aliphatic heterocycles. The number of fused-ring (bicyclic) bond motifs is 3. The Morgan fingerprint density at radius 3 is 2.29 bits per heavy atom. The Balaban J connectivity index is 1.67. The number of hydrogen-bond acceptors (Lipinski definition) is 16. The van der Waals surface area contributed by atoms with E-state index in [1.807, 2.05) is 51.2 Å². The zero-order valence-corrected chi connectivity index (χ0v) is 44.5. The minimum atomic E-state index is -2.46. The quantitative estimate of drug-likeness (QED) is 0.127. The van der Waals surface area contributed by atoms with Crippen molar-refractivity contribution >= 4 is 35.2 Å². The maximum Gasteiger partial charge on any atom is 0.332 e. The maximum atomic E-state index is 14.5. The molecule has 4 aliphatic rings. The molecule has 15 atom stereocenters.